The van der Waals surface area contributed by atoms with Crippen LogP contribution >= 0.6 is 0 Å². The van der Waals surface area contributed by atoms with E-state index in [2.05, 4.69) is 10.6 Å². The standard InChI is InChI=1S/C13H15F2N3O2/c14-13(15,6-16)7-17-12(20)9-1-3-10-8(5-9)2-4-11(19)18-10/h1,3,5H,2,4,6-7,16H2,(H,17,20)(H,18,19). The monoisotopic (exact) mass is 283 g/mol. The van der Waals surface area contributed by atoms with E-state index in [4.69, 9.17) is 5.73 Å². The summed E-state index contributed by atoms with van der Waals surface area (Å²) < 4.78 is 25.9. The molecule has 108 valence electrons. The minimum absolute atomic E-state index is 0.0720. The highest BCUT2D eigenvalue weighted by Crippen LogP contribution is 2.23. The number of amides is 2. The third-order valence-electron chi connectivity index (χ3n) is 3.07. The van der Waals surface area contributed by atoms with Crippen molar-refractivity contribution in [2.45, 2.75) is 18.8 Å². The highest BCUT2D eigenvalue weighted by Gasteiger charge is 2.27. The first-order valence-electron chi connectivity index (χ1n) is 6.20. The molecule has 0 aromatic heterocycles. The predicted molar refractivity (Wildman–Crippen MR) is 69.7 cm³/mol. The van der Waals surface area contributed by atoms with Gasteiger partial charge in [-0.2, -0.15) is 0 Å². The van der Waals surface area contributed by atoms with Crippen LogP contribution in [0.3, 0.4) is 0 Å². The highest BCUT2D eigenvalue weighted by molar-refractivity contribution is 5.97. The fourth-order valence-corrected chi connectivity index (χ4v) is 1.91. The summed E-state index contributed by atoms with van der Waals surface area (Å²) in [5, 5.41) is 4.83. The molecule has 1 aliphatic rings. The van der Waals surface area contributed by atoms with Crippen LogP contribution in [0.4, 0.5) is 14.5 Å². The zero-order valence-electron chi connectivity index (χ0n) is 10.7. The average Bonchev–Trinajstić information content (AvgIpc) is 2.44. The lowest BCUT2D eigenvalue weighted by Gasteiger charge is -2.18. The van der Waals surface area contributed by atoms with Crippen molar-refractivity contribution in [2.24, 2.45) is 5.73 Å². The van der Waals surface area contributed by atoms with E-state index >= 15 is 0 Å². The van der Waals surface area contributed by atoms with Gasteiger partial charge < -0.3 is 16.4 Å². The molecule has 1 aromatic rings. The van der Waals surface area contributed by atoms with E-state index in [1.807, 2.05) is 0 Å². The van der Waals surface area contributed by atoms with Gasteiger partial charge in [0, 0.05) is 17.7 Å². The lowest BCUT2D eigenvalue weighted by atomic mass is 10.00. The van der Waals surface area contributed by atoms with E-state index < -0.39 is 24.9 Å². The van der Waals surface area contributed by atoms with Gasteiger partial charge in [0.2, 0.25) is 5.91 Å². The first-order valence-corrected chi connectivity index (χ1v) is 6.20. The quantitative estimate of drug-likeness (QED) is 0.767. The summed E-state index contributed by atoms with van der Waals surface area (Å²) in [5.74, 6) is -3.77. The van der Waals surface area contributed by atoms with E-state index in [-0.39, 0.29) is 11.5 Å². The maximum atomic E-state index is 13.0. The summed E-state index contributed by atoms with van der Waals surface area (Å²) in [7, 11) is 0. The Morgan fingerprint density at radius 3 is 2.85 bits per heavy atom. The van der Waals surface area contributed by atoms with Crippen LogP contribution in [0, 0.1) is 0 Å². The minimum Gasteiger partial charge on any atom is -0.346 e. The van der Waals surface area contributed by atoms with Gasteiger partial charge in [0.05, 0.1) is 13.1 Å². The molecule has 0 bridgehead atoms. The molecular weight excluding hydrogens is 268 g/mol. The summed E-state index contributed by atoms with van der Waals surface area (Å²) in [4.78, 5) is 23.0. The van der Waals surface area contributed by atoms with Gasteiger partial charge in [-0.15, -0.1) is 0 Å². The second kappa shape index (κ2) is 5.54. The Kier molecular flexibility index (Phi) is 3.99. The summed E-state index contributed by atoms with van der Waals surface area (Å²) in [6.07, 6.45) is 0.880. The molecule has 0 radical (unpaired) electrons. The van der Waals surface area contributed by atoms with Gasteiger partial charge in [0.1, 0.15) is 0 Å². The number of nitrogens with one attached hydrogen (secondary N) is 2. The van der Waals surface area contributed by atoms with Gasteiger partial charge in [-0.25, -0.2) is 8.78 Å². The van der Waals surface area contributed by atoms with Crippen LogP contribution < -0.4 is 16.4 Å². The molecule has 7 heteroatoms. The predicted octanol–water partition coefficient (Wildman–Crippen LogP) is 0.895. The van der Waals surface area contributed by atoms with E-state index in [0.717, 1.165) is 5.56 Å². The van der Waals surface area contributed by atoms with Crippen molar-refractivity contribution in [1.29, 1.82) is 0 Å². The number of alkyl halides is 2. The first kappa shape index (κ1) is 14.4. The third kappa shape index (κ3) is 3.30. The smallest absolute Gasteiger partial charge is 0.277 e. The molecule has 4 N–H and O–H groups in total. The second-order valence-electron chi connectivity index (χ2n) is 4.66. The van der Waals surface area contributed by atoms with Gasteiger partial charge >= 0.3 is 0 Å². The van der Waals surface area contributed by atoms with Crippen LogP contribution in [0.1, 0.15) is 22.3 Å². The van der Waals surface area contributed by atoms with Crippen molar-refractivity contribution < 1.29 is 18.4 Å². The molecule has 1 aliphatic heterocycles. The topological polar surface area (TPSA) is 84.2 Å². The van der Waals surface area contributed by atoms with Crippen LogP contribution in [0.25, 0.3) is 0 Å². The average molecular weight is 283 g/mol. The Hall–Kier alpha value is -2.02. The maximum Gasteiger partial charge on any atom is 0.277 e. The lowest BCUT2D eigenvalue weighted by Crippen LogP contribution is -2.41. The van der Waals surface area contributed by atoms with Crippen molar-refractivity contribution in [3.05, 3.63) is 29.3 Å². The van der Waals surface area contributed by atoms with Gasteiger partial charge in [0.25, 0.3) is 11.8 Å². The molecule has 0 aliphatic carbocycles. The molecule has 2 rings (SSSR count). The zero-order chi connectivity index (χ0) is 14.8. The van der Waals surface area contributed by atoms with Crippen LogP contribution in [0.2, 0.25) is 0 Å². The van der Waals surface area contributed by atoms with Crippen molar-refractivity contribution >= 4 is 17.5 Å². The molecule has 1 heterocycles. The summed E-state index contributed by atoms with van der Waals surface area (Å²) in [6, 6.07) is 4.69. The van der Waals surface area contributed by atoms with Gasteiger partial charge in [-0.05, 0) is 30.2 Å². The third-order valence-corrected chi connectivity index (χ3v) is 3.07. The number of carbonyl (C=O) groups is 2. The molecule has 5 nitrogen and oxygen atoms in total. The molecule has 0 saturated carbocycles. The first-order chi connectivity index (χ1) is 9.41. The highest BCUT2D eigenvalue weighted by atomic mass is 19.3. The van der Waals surface area contributed by atoms with E-state index in [9.17, 15) is 18.4 Å². The Balaban J connectivity index is 2.06. The number of carbonyl (C=O) groups excluding carboxylic acids is 2. The number of hydrogen-bond donors (Lipinski definition) is 3. The molecule has 1 aromatic carbocycles. The fourth-order valence-electron chi connectivity index (χ4n) is 1.91. The lowest BCUT2D eigenvalue weighted by molar-refractivity contribution is -0.116. The van der Waals surface area contributed by atoms with Crippen molar-refractivity contribution in [3.8, 4) is 0 Å². The number of nitrogens with two attached hydrogens (primary N) is 1. The zero-order valence-corrected chi connectivity index (χ0v) is 10.7. The molecule has 0 unspecified atom stereocenters. The van der Waals surface area contributed by atoms with Gasteiger partial charge in [-0.1, -0.05) is 0 Å². The van der Waals surface area contributed by atoms with E-state index in [1.165, 1.54) is 6.07 Å². The Labute approximate surface area is 114 Å². The number of aryl methyl sites for hydroxylation is 1. The Morgan fingerprint density at radius 2 is 2.15 bits per heavy atom. The molecule has 2 amide bonds. The number of hydrogen-bond acceptors (Lipinski definition) is 3. The number of halogens is 2. The van der Waals surface area contributed by atoms with E-state index in [0.29, 0.717) is 18.5 Å². The molecule has 0 atom stereocenters. The van der Waals surface area contributed by atoms with Crippen LogP contribution in [-0.4, -0.2) is 30.8 Å². The van der Waals surface area contributed by atoms with Crippen LogP contribution in [0.5, 0.6) is 0 Å². The molecule has 0 fully saturated rings. The van der Waals surface area contributed by atoms with Crippen molar-refractivity contribution in [1.82, 2.24) is 5.32 Å². The van der Waals surface area contributed by atoms with Gasteiger partial charge in [-0.3, -0.25) is 9.59 Å². The molecule has 0 spiro atoms. The minimum atomic E-state index is -3.11. The summed E-state index contributed by atoms with van der Waals surface area (Å²) in [5.41, 5.74) is 6.66. The SMILES string of the molecule is NCC(F)(F)CNC(=O)c1ccc2c(c1)CCC(=O)N2. The number of anilines is 1. The van der Waals surface area contributed by atoms with E-state index in [1.54, 1.807) is 12.1 Å². The summed E-state index contributed by atoms with van der Waals surface area (Å²) >= 11 is 0. The fraction of sp³-hybridized carbons (Fsp3) is 0.385. The largest absolute Gasteiger partial charge is 0.346 e. The van der Waals surface area contributed by atoms with Gasteiger partial charge in [0.15, 0.2) is 0 Å². The number of benzene rings is 1. The number of fused-ring (bicyclic) bond motifs is 1. The molecule has 0 saturated heterocycles. The van der Waals surface area contributed by atoms with Crippen molar-refractivity contribution in [3.63, 3.8) is 0 Å². The van der Waals surface area contributed by atoms with Crippen LogP contribution in [-0.2, 0) is 11.2 Å². The normalized spacial score (nSPS) is 14.4. The Bertz CT molecular complexity index is 546. The number of rotatable bonds is 4. The van der Waals surface area contributed by atoms with Crippen LogP contribution in [0.15, 0.2) is 18.2 Å². The maximum absolute atomic E-state index is 13.0. The van der Waals surface area contributed by atoms with Crippen molar-refractivity contribution in [2.75, 3.05) is 18.4 Å². The molecule has 20 heavy (non-hydrogen) atoms. The molecular formula is C13H15F2N3O2. The Morgan fingerprint density at radius 1 is 1.40 bits per heavy atom. The second-order valence-corrected chi connectivity index (χ2v) is 4.66. The summed E-state index contributed by atoms with van der Waals surface area (Å²) in [6.45, 7) is -1.61.